The highest BCUT2D eigenvalue weighted by molar-refractivity contribution is 5.87. The third-order valence-corrected chi connectivity index (χ3v) is 3.57. The molecular weight excluding hydrogens is 240 g/mol. The van der Waals surface area contributed by atoms with Crippen LogP contribution >= 0.6 is 0 Å². The molecule has 0 bridgehead atoms. The fraction of sp³-hybridized carbons (Fsp3) is 0.533. The van der Waals surface area contributed by atoms with Crippen LogP contribution in [0.5, 0.6) is 0 Å². The highest BCUT2D eigenvalue weighted by atomic mass is 16.3. The molecule has 1 heterocycles. The van der Waals surface area contributed by atoms with Crippen LogP contribution in [0.2, 0.25) is 0 Å². The van der Waals surface area contributed by atoms with Gasteiger partial charge in [-0.25, -0.2) is 0 Å². The van der Waals surface area contributed by atoms with Crippen molar-refractivity contribution < 1.29 is 9.90 Å². The number of anilines is 1. The van der Waals surface area contributed by atoms with Crippen LogP contribution in [0.15, 0.2) is 24.3 Å². The van der Waals surface area contributed by atoms with Crippen molar-refractivity contribution in [2.45, 2.75) is 32.2 Å². The molecule has 1 aromatic rings. The quantitative estimate of drug-likeness (QED) is 0.682. The van der Waals surface area contributed by atoms with E-state index in [-0.39, 0.29) is 18.6 Å². The number of carbonyl (C=O) groups excluding carboxylic acids is 1. The molecule has 104 valence electrons. The second-order valence-electron chi connectivity index (χ2n) is 5.28. The Morgan fingerprint density at radius 1 is 1.53 bits per heavy atom. The van der Waals surface area contributed by atoms with Gasteiger partial charge in [-0.3, -0.25) is 4.79 Å². The summed E-state index contributed by atoms with van der Waals surface area (Å²) < 4.78 is 0. The first-order valence-corrected chi connectivity index (χ1v) is 6.93. The summed E-state index contributed by atoms with van der Waals surface area (Å²) in [5.41, 5.74) is 2.27. The molecule has 2 rings (SSSR count). The van der Waals surface area contributed by atoms with Crippen LogP contribution < -0.4 is 10.6 Å². The van der Waals surface area contributed by atoms with Crippen molar-refractivity contribution in [1.29, 1.82) is 0 Å². The molecule has 1 amide bonds. The Balaban J connectivity index is 1.71. The summed E-state index contributed by atoms with van der Waals surface area (Å²) in [5.74, 6) is 0.374. The zero-order valence-corrected chi connectivity index (χ0v) is 11.4. The molecule has 2 atom stereocenters. The van der Waals surface area contributed by atoms with Gasteiger partial charge in [-0.1, -0.05) is 25.1 Å². The fourth-order valence-corrected chi connectivity index (χ4v) is 2.33. The molecule has 1 aromatic carbocycles. The third kappa shape index (κ3) is 3.70. The molecule has 19 heavy (non-hydrogen) atoms. The predicted molar refractivity (Wildman–Crippen MR) is 76.1 cm³/mol. The normalized spacial score (nSPS) is 18.5. The summed E-state index contributed by atoms with van der Waals surface area (Å²) in [6, 6.07) is 7.89. The van der Waals surface area contributed by atoms with Crippen LogP contribution in [0.3, 0.4) is 0 Å². The van der Waals surface area contributed by atoms with Crippen LogP contribution in [0, 0.1) is 5.92 Å². The molecule has 1 aliphatic heterocycles. The first kappa shape index (κ1) is 13.9. The maximum atomic E-state index is 12.0. The van der Waals surface area contributed by atoms with Crippen molar-refractivity contribution >= 4 is 11.6 Å². The highest BCUT2D eigenvalue weighted by Gasteiger charge is 2.25. The molecule has 4 heteroatoms. The number of benzene rings is 1. The highest BCUT2D eigenvalue weighted by Crippen LogP contribution is 2.24. The number of aliphatic hydroxyl groups is 1. The number of para-hydroxylation sites is 1. The van der Waals surface area contributed by atoms with Crippen molar-refractivity contribution in [1.82, 2.24) is 5.32 Å². The van der Waals surface area contributed by atoms with E-state index in [0.29, 0.717) is 12.5 Å². The molecule has 3 N–H and O–H groups in total. The number of hydrogen-bond donors (Lipinski definition) is 3. The van der Waals surface area contributed by atoms with E-state index in [1.165, 1.54) is 5.56 Å². The van der Waals surface area contributed by atoms with Crippen LogP contribution in [0.25, 0.3) is 0 Å². The summed E-state index contributed by atoms with van der Waals surface area (Å²) >= 11 is 0. The third-order valence-electron chi connectivity index (χ3n) is 3.57. The number of carbonyl (C=O) groups is 1. The summed E-state index contributed by atoms with van der Waals surface area (Å²) in [7, 11) is 0. The number of amides is 1. The Morgan fingerprint density at radius 3 is 3.05 bits per heavy atom. The molecule has 4 nitrogen and oxygen atoms in total. The van der Waals surface area contributed by atoms with Gasteiger partial charge >= 0.3 is 0 Å². The first-order chi connectivity index (χ1) is 9.20. The van der Waals surface area contributed by atoms with Crippen LogP contribution in [0.1, 0.15) is 25.3 Å². The second kappa shape index (κ2) is 6.57. The van der Waals surface area contributed by atoms with E-state index in [9.17, 15) is 4.79 Å². The molecule has 1 aliphatic rings. The number of rotatable bonds is 6. The van der Waals surface area contributed by atoms with Crippen LogP contribution in [-0.2, 0) is 11.2 Å². The van der Waals surface area contributed by atoms with Gasteiger partial charge < -0.3 is 15.7 Å². The van der Waals surface area contributed by atoms with E-state index >= 15 is 0 Å². The average molecular weight is 262 g/mol. The van der Waals surface area contributed by atoms with Gasteiger partial charge in [-0.15, -0.1) is 0 Å². The van der Waals surface area contributed by atoms with Gasteiger partial charge in [0.15, 0.2) is 0 Å². The van der Waals surface area contributed by atoms with E-state index in [4.69, 9.17) is 5.11 Å². The van der Waals surface area contributed by atoms with Gasteiger partial charge in [0, 0.05) is 25.3 Å². The predicted octanol–water partition coefficient (Wildman–Crippen LogP) is 1.55. The Labute approximate surface area is 114 Å². The summed E-state index contributed by atoms with van der Waals surface area (Å²) in [5, 5.41) is 15.1. The maximum Gasteiger partial charge on any atom is 0.242 e. The van der Waals surface area contributed by atoms with Crippen molar-refractivity contribution in [2.24, 2.45) is 5.92 Å². The lowest BCUT2D eigenvalue weighted by atomic mass is 10.1. The van der Waals surface area contributed by atoms with Crippen LogP contribution in [-0.4, -0.2) is 30.2 Å². The van der Waals surface area contributed by atoms with Gasteiger partial charge in [0.1, 0.15) is 6.04 Å². The molecule has 0 spiro atoms. The lowest BCUT2D eigenvalue weighted by Gasteiger charge is -2.13. The molecule has 0 fully saturated rings. The molecular formula is C15H22N2O2. The number of aliphatic hydroxyl groups excluding tert-OH is 1. The van der Waals surface area contributed by atoms with Crippen molar-refractivity contribution in [3.8, 4) is 0 Å². The lowest BCUT2D eigenvalue weighted by Crippen LogP contribution is -2.38. The zero-order valence-electron chi connectivity index (χ0n) is 11.4. The molecule has 0 aromatic heterocycles. The van der Waals surface area contributed by atoms with E-state index in [0.717, 1.165) is 24.9 Å². The van der Waals surface area contributed by atoms with Crippen molar-refractivity contribution in [2.75, 3.05) is 18.5 Å². The Hall–Kier alpha value is -1.55. The van der Waals surface area contributed by atoms with Gasteiger partial charge in [0.2, 0.25) is 5.91 Å². The van der Waals surface area contributed by atoms with Gasteiger partial charge in [-0.05, 0) is 30.4 Å². The van der Waals surface area contributed by atoms with E-state index in [2.05, 4.69) is 16.7 Å². The standard InChI is InChI=1S/C15H22N2O2/c1-11(10-18)5-4-8-16-15(19)14-9-12-6-2-3-7-13(12)17-14/h2-3,6-7,11,14,17-18H,4-5,8-10H2,1H3,(H,16,19). The largest absolute Gasteiger partial charge is 0.396 e. The number of hydrogen-bond acceptors (Lipinski definition) is 3. The maximum absolute atomic E-state index is 12.0. The van der Waals surface area contributed by atoms with E-state index in [1.807, 2.05) is 25.1 Å². The molecule has 2 unspecified atom stereocenters. The lowest BCUT2D eigenvalue weighted by molar-refractivity contribution is -0.121. The smallest absolute Gasteiger partial charge is 0.242 e. The fourth-order valence-electron chi connectivity index (χ4n) is 2.33. The minimum Gasteiger partial charge on any atom is -0.396 e. The van der Waals surface area contributed by atoms with Crippen molar-refractivity contribution in [3.63, 3.8) is 0 Å². The average Bonchev–Trinajstić information content (AvgIpc) is 2.87. The number of fused-ring (bicyclic) bond motifs is 1. The van der Waals surface area contributed by atoms with Gasteiger partial charge in [0.05, 0.1) is 0 Å². The monoisotopic (exact) mass is 262 g/mol. The topological polar surface area (TPSA) is 61.4 Å². The first-order valence-electron chi connectivity index (χ1n) is 6.93. The summed E-state index contributed by atoms with van der Waals surface area (Å²) in [6.45, 7) is 2.90. The summed E-state index contributed by atoms with van der Waals surface area (Å²) in [6.07, 6.45) is 2.61. The van der Waals surface area contributed by atoms with Gasteiger partial charge in [0.25, 0.3) is 0 Å². The zero-order chi connectivity index (χ0) is 13.7. The minimum absolute atomic E-state index is 0.0628. The Kier molecular flexibility index (Phi) is 4.80. The Bertz CT molecular complexity index is 409. The molecule has 0 aliphatic carbocycles. The Morgan fingerprint density at radius 2 is 2.32 bits per heavy atom. The minimum atomic E-state index is -0.146. The van der Waals surface area contributed by atoms with Crippen LogP contribution in [0.4, 0.5) is 5.69 Å². The van der Waals surface area contributed by atoms with Gasteiger partial charge in [-0.2, -0.15) is 0 Å². The SMILES string of the molecule is CC(CO)CCCNC(=O)C1Cc2ccccc2N1. The second-order valence-corrected chi connectivity index (χ2v) is 5.28. The van der Waals surface area contributed by atoms with Crippen molar-refractivity contribution in [3.05, 3.63) is 29.8 Å². The molecule has 0 saturated carbocycles. The summed E-state index contributed by atoms with van der Waals surface area (Å²) in [4.78, 5) is 12.0. The number of nitrogens with one attached hydrogen (secondary N) is 2. The molecule has 0 radical (unpaired) electrons. The van der Waals surface area contributed by atoms with E-state index < -0.39 is 0 Å². The molecule has 0 saturated heterocycles. The van der Waals surface area contributed by atoms with E-state index in [1.54, 1.807) is 0 Å².